The maximum Gasteiger partial charge on any atom is 0.270 e. The smallest absolute Gasteiger partial charge is 0.270 e. The number of aromatic nitrogens is 4. The molecule has 0 aliphatic rings. The van der Waals surface area contributed by atoms with Crippen LogP contribution < -0.4 is 5.56 Å². The van der Waals surface area contributed by atoms with Gasteiger partial charge in [0.1, 0.15) is 17.1 Å². The molecule has 8 heteroatoms. The van der Waals surface area contributed by atoms with Gasteiger partial charge in [0.15, 0.2) is 5.16 Å². The van der Waals surface area contributed by atoms with Crippen molar-refractivity contribution in [3.63, 3.8) is 0 Å². The molecule has 20 heavy (non-hydrogen) atoms. The summed E-state index contributed by atoms with van der Waals surface area (Å²) in [5, 5.41) is 13.6. The van der Waals surface area contributed by atoms with Gasteiger partial charge < -0.3 is 4.98 Å². The molecule has 0 atom stereocenters. The van der Waals surface area contributed by atoms with Gasteiger partial charge in [0, 0.05) is 5.56 Å². The van der Waals surface area contributed by atoms with Gasteiger partial charge in [-0.3, -0.25) is 4.79 Å². The fourth-order valence-corrected chi connectivity index (χ4v) is 2.71. The van der Waals surface area contributed by atoms with Crippen LogP contribution in [0.25, 0.3) is 21.5 Å². The number of thioether (sulfide) groups is 1. The van der Waals surface area contributed by atoms with Crippen LogP contribution in [0, 0.1) is 11.3 Å². The van der Waals surface area contributed by atoms with E-state index in [2.05, 4.69) is 19.6 Å². The van der Waals surface area contributed by atoms with Gasteiger partial charge in [-0.1, -0.05) is 22.3 Å². The average Bonchev–Trinajstić information content (AvgIpc) is 2.93. The summed E-state index contributed by atoms with van der Waals surface area (Å²) < 4.78 is 4.81. The molecule has 0 saturated carbocycles. The van der Waals surface area contributed by atoms with Crippen molar-refractivity contribution >= 4 is 33.5 Å². The summed E-state index contributed by atoms with van der Waals surface area (Å²) in [6.07, 6.45) is 1.81. The maximum absolute atomic E-state index is 11.9. The Balaban J connectivity index is 2.29. The molecule has 2 heterocycles. The first-order valence-electron chi connectivity index (χ1n) is 5.54. The van der Waals surface area contributed by atoms with E-state index in [1.165, 1.54) is 23.3 Å². The summed E-state index contributed by atoms with van der Waals surface area (Å²) in [4.78, 5) is 18.8. The van der Waals surface area contributed by atoms with E-state index in [-0.39, 0.29) is 5.56 Å². The fourth-order valence-electron chi connectivity index (χ4n) is 1.79. The highest BCUT2D eigenvalue weighted by Crippen LogP contribution is 2.25. The van der Waals surface area contributed by atoms with Crippen LogP contribution in [0.4, 0.5) is 0 Å². The number of hydrogen-bond donors (Lipinski definition) is 1. The summed E-state index contributed by atoms with van der Waals surface area (Å²) in [5.74, 6) is 0. The Morgan fingerprint density at radius 1 is 1.45 bits per heavy atom. The second-order valence-electron chi connectivity index (χ2n) is 3.87. The second-order valence-corrected chi connectivity index (χ2v) is 5.45. The highest BCUT2D eigenvalue weighted by Gasteiger charge is 2.14. The first kappa shape index (κ1) is 12.8. The lowest BCUT2D eigenvalue weighted by Gasteiger charge is -2.04. The molecule has 1 N–H and O–H groups in total. The van der Waals surface area contributed by atoms with Gasteiger partial charge in [-0.15, -0.1) is 5.10 Å². The van der Waals surface area contributed by atoms with Gasteiger partial charge in [-0.25, -0.2) is 4.98 Å². The van der Waals surface area contributed by atoms with Crippen molar-refractivity contribution in [3.8, 4) is 17.3 Å². The number of hydrogen-bond acceptors (Lipinski definition) is 7. The van der Waals surface area contributed by atoms with Crippen LogP contribution in [0.15, 0.2) is 28.2 Å². The first-order valence-corrected chi connectivity index (χ1v) is 7.53. The molecule has 0 unspecified atom stereocenters. The SMILES string of the molecule is CSc1nc(-c2ccc3snnc3c2)c(C#N)c(=O)[nH]1. The van der Waals surface area contributed by atoms with Crippen LogP contribution in [-0.2, 0) is 0 Å². The number of nitrogens with zero attached hydrogens (tertiary/aromatic N) is 4. The van der Waals surface area contributed by atoms with Crippen LogP contribution >= 0.6 is 23.3 Å². The molecule has 0 radical (unpaired) electrons. The molecular formula is C12H7N5OS2. The van der Waals surface area contributed by atoms with E-state index in [0.717, 1.165) is 10.2 Å². The van der Waals surface area contributed by atoms with E-state index in [1.807, 2.05) is 24.5 Å². The summed E-state index contributed by atoms with van der Waals surface area (Å²) >= 11 is 2.61. The van der Waals surface area contributed by atoms with E-state index in [9.17, 15) is 4.79 Å². The van der Waals surface area contributed by atoms with Crippen LogP contribution in [0.2, 0.25) is 0 Å². The summed E-state index contributed by atoms with van der Waals surface area (Å²) in [6.45, 7) is 0. The normalized spacial score (nSPS) is 10.6. The topological polar surface area (TPSA) is 95.3 Å². The first-order chi connectivity index (χ1) is 9.72. The van der Waals surface area contributed by atoms with Crippen LogP contribution in [-0.4, -0.2) is 25.8 Å². The lowest BCUT2D eigenvalue weighted by Crippen LogP contribution is -2.14. The Kier molecular flexibility index (Phi) is 3.22. The number of nitriles is 1. The monoisotopic (exact) mass is 301 g/mol. The Labute approximate surface area is 121 Å². The molecule has 0 aliphatic carbocycles. The van der Waals surface area contributed by atoms with Gasteiger partial charge in [0.05, 0.1) is 10.4 Å². The minimum atomic E-state index is -0.432. The molecule has 3 rings (SSSR count). The van der Waals surface area contributed by atoms with Crippen molar-refractivity contribution in [2.75, 3.05) is 6.26 Å². The molecule has 6 nitrogen and oxygen atoms in total. The molecule has 2 aromatic heterocycles. The molecule has 3 aromatic rings. The predicted octanol–water partition coefficient (Wildman–Crippen LogP) is 2.04. The zero-order chi connectivity index (χ0) is 14.1. The van der Waals surface area contributed by atoms with E-state index in [4.69, 9.17) is 5.26 Å². The third-order valence-corrected chi connectivity index (χ3v) is 4.01. The largest absolute Gasteiger partial charge is 0.300 e. The predicted molar refractivity (Wildman–Crippen MR) is 77.8 cm³/mol. The molecule has 0 saturated heterocycles. The van der Waals surface area contributed by atoms with E-state index < -0.39 is 5.56 Å². The summed E-state index contributed by atoms with van der Waals surface area (Å²) in [5.41, 5.74) is 1.35. The van der Waals surface area contributed by atoms with Gasteiger partial charge in [0.25, 0.3) is 5.56 Å². The number of aromatic amines is 1. The molecule has 0 bridgehead atoms. The number of rotatable bonds is 2. The zero-order valence-corrected chi connectivity index (χ0v) is 11.9. The molecular weight excluding hydrogens is 294 g/mol. The Bertz CT molecular complexity index is 893. The van der Waals surface area contributed by atoms with Crippen molar-refractivity contribution in [1.29, 1.82) is 5.26 Å². The van der Waals surface area contributed by atoms with E-state index in [1.54, 1.807) is 6.07 Å². The Morgan fingerprint density at radius 2 is 2.30 bits per heavy atom. The standard InChI is InChI=1S/C12H7N5OS2/c1-19-12-14-10(7(5-13)11(18)15-12)6-2-3-9-8(4-6)16-17-20-9/h2-4H,1H3,(H,14,15,18). The minimum Gasteiger partial charge on any atom is -0.300 e. The molecule has 0 fully saturated rings. The fraction of sp³-hybridized carbons (Fsp3) is 0.0833. The molecule has 98 valence electrons. The third kappa shape index (κ3) is 2.07. The molecule has 0 aliphatic heterocycles. The number of nitrogens with one attached hydrogen (secondary N) is 1. The van der Waals surface area contributed by atoms with Gasteiger partial charge >= 0.3 is 0 Å². The van der Waals surface area contributed by atoms with Crippen molar-refractivity contribution in [2.45, 2.75) is 5.16 Å². The van der Waals surface area contributed by atoms with Crippen molar-refractivity contribution in [3.05, 3.63) is 34.1 Å². The Morgan fingerprint density at radius 3 is 3.05 bits per heavy atom. The van der Waals surface area contributed by atoms with Gasteiger partial charge in [-0.2, -0.15) is 5.26 Å². The van der Waals surface area contributed by atoms with Crippen LogP contribution in [0.1, 0.15) is 5.56 Å². The molecule has 0 amide bonds. The zero-order valence-electron chi connectivity index (χ0n) is 10.2. The van der Waals surface area contributed by atoms with Gasteiger partial charge in [0.2, 0.25) is 0 Å². The summed E-state index contributed by atoms with van der Waals surface area (Å²) in [6, 6.07) is 7.36. The van der Waals surface area contributed by atoms with E-state index >= 15 is 0 Å². The Hall–Kier alpha value is -2.24. The van der Waals surface area contributed by atoms with Crippen molar-refractivity contribution in [1.82, 2.24) is 19.6 Å². The lowest BCUT2D eigenvalue weighted by atomic mass is 10.1. The van der Waals surface area contributed by atoms with E-state index in [0.29, 0.717) is 16.4 Å². The highest BCUT2D eigenvalue weighted by molar-refractivity contribution is 7.98. The molecule has 0 spiro atoms. The maximum atomic E-state index is 11.9. The average molecular weight is 301 g/mol. The van der Waals surface area contributed by atoms with Crippen LogP contribution in [0.3, 0.4) is 0 Å². The lowest BCUT2D eigenvalue weighted by molar-refractivity contribution is 0.938. The van der Waals surface area contributed by atoms with Gasteiger partial charge in [-0.05, 0) is 29.9 Å². The number of benzene rings is 1. The molecule has 1 aromatic carbocycles. The third-order valence-electron chi connectivity index (χ3n) is 2.72. The second kappa shape index (κ2) is 5.03. The quantitative estimate of drug-likeness (QED) is 0.575. The summed E-state index contributed by atoms with van der Waals surface area (Å²) in [7, 11) is 0. The van der Waals surface area contributed by atoms with Crippen molar-refractivity contribution < 1.29 is 0 Å². The highest BCUT2D eigenvalue weighted by atomic mass is 32.2. The van der Waals surface area contributed by atoms with Crippen molar-refractivity contribution in [2.24, 2.45) is 0 Å². The minimum absolute atomic E-state index is 0.00494. The number of fused-ring (bicyclic) bond motifs is 1. The van der Waals surface area contributed by atoms with Crippen LogP contribution in [0.5, 0.6) is 0 Å². The number of H-pyrrole nitrogens is 1.